The van der Waals surface area contributed by atoms with E-state index in [1.165, 1.54) is 94.9 Å². The number of hydrogen-bond donors (Lipinski definition) is 0. The van der Waals surface area contributed by atoms with Crippen LogP contribution < -0.4 is 17.0 Å². The van der Waals surface area contributed by atoms with E-state index in [1.54, 1.807) is 0 Å². The first-order valence-electron chi connectivity index (χ1n) is 9.15. The van der Waals surface area contributed by atoms with Gasteiger partial charge in [0, 0.05) is 0 Å². The van der Waals surface area contributed by atoms with E-state index in [4.69, 9.17) is 0 Å². The number of quaternary nitrogens is 1. The zero-order valence-electron chi connectivity index (χ0n) is 14.8. The van der Waals surface area contributed by atoms with Crippen LogP contribution in [0.1, 0.15) is 85.0 Å². The molecule has 0 aromatic rings. The highest BCUT2D eigenvalue weighted by molar-refractivity contribution is 9.09. The third kappa shape index (κ3) is 13.1. The van der Waals surface area contributed by atoms with Gasteiger partial charge >= 0.3 is 0 Å². The maximum Gasteiger partial charge on any atom is 0.0885 e. The predicted molar refractivity (Wildman–Crippen MR) is 96.7 cm³/mol. The summed E-state index contributed by atoms with van der Waals surface area (Å²) in [6, 6.07) is 0. The fraction of sp³-hybridized carbons (Fsp3) is 1.00. The summed E-state index contributed by atoms with van der Waals surface area (Å²) in [5.74, 6) is 0. The quantitative estimate of drug-likeness (QED) is 0.213. The summed E-state index contributed by atoms with van der Waals surface area (Å²) in [5.41, 5.74) is 0. The Hall–Kier alpha value is 0.920. The van der Waals surface area contributed by atoms with E-state index in [0.717, 1.165) is 5.33 Å². The molecule has 0 aromatic heterocycles. The lowest BCUT2D eigenvalue weighted by molar-refractivity contribution is -0.926. The summed E-state index contributed by atoms with van der Waals surface area (Å²) >= 11 is 3.71. The average molecular weight is 429 g/mol. The zero-order valence-corrected chi connectivity index (χ0v) is 18.0. The lowest BCUT2D eigenvalue weighted by atomic mass is 10.1. The van der Waals surface area contributed by atoms with Gasteiger partial charge in [-0.2, -0.15) is 0 Å². The van der Waals surface area contributed by atoms with Gasteiger partial charge in [0.1, 0.15) is 0 Å². The summed E-state index contributed by atoms with van der Waals surface area (Å²) in [4.78, 5) is 0. The van der Waals surface area contributed by atoms with Crippen molar-refractivity contribution in [2.24, 2.45) is 0 Å². The van der Waals surface area contributed by atoms with Crippen molar-refractivity contribution in [3.05, 3.63) is 0 Å². The van der Waals surface area contributed by atoms with Gasteiger partial charge in [-0.05, 0) is 32.1 Å². The van der Waals surface area contributed by atoms with Crippen LogP contribution in [0.3, 0.4) is 0 Å². The Kier molecular flexibility index (Phi) is 19.9. The third-order valence-electron chi connectivity index (χ3n) is 4.52. The Balaban J connectivity index is 0. The van der Waals surface area contributed by atoms with Crippen molar-refractivity contribution in [1.29, 1.82) is 0 Å². The van der Waals surface area contributed by atoms with Crippen LogP contribution >= 0.6 is 15.9 Å². The average Bonchev–Trinajstić information content (AvgIpc) is 2.46. The van der Waals surface area contributed by atoms with Gasteiger partial charge in [-0.15, -0.1) is 0 Å². The second-order valence-corrected chi connectivity index (χ2v) is 7.19. The van der Waals surface area contributed by atoms with E-state index in [9.17, 15) is 0 Å². The van der Waals surface area contributed by atoms with E-state index >= 15 is 0 Å². The highest BCUT2D eigenvalue weighted by atomic mass is 79.9. The standard InChI is InChI=1S/C18H39BrN.BrH/c1-4-7-10-12-16-20(18-14-19,15-9-6-3)17-13-11-8-5-2;/h4-18H2,1-3H3;1H/q+1;/p-1. The van der Waals surface area contributed by atoms with Crippen LogP contribution in [0, 0.1) is 0 Å². The van der Waals surface area contributed by atoms with Crippen molar-refractivity contribution < 1.29 is 21.5 Å². The Bertz CT molecular complexity index is 186. The number of hydrogen-bond acceptors (Lipinski definition) is 0. The van der Waals surface area contributed by atoms with Crippen LogP contribution in [-0.2, 0) is 0 Å². The van der Waals surface area contributed by atoms with E-state index in [0.29, 0.717) is 0 Å². The molecule has 0 radical (unpaired) electrons. The SMILES string of the molecule is CCCCCC[N+](CCBr)(CCCC)CCCCCC.[Br-]. The molecule has 0 aliphatic carbocycles. The largest absolute Gasteiger partial charge is 1.00 e. The van der Waals surface area contributed by atoms with E-state index in [-0.39, 0.29) is 17.0 Å². The minimum Gasteiger partial charge on any atom is -1.00 e. The maximum absolute atomic E-state index is 3.71. The molecule has 0 bridgehead atoms. The minimum atomic E-state index is 0. The molecule has 0 amide bonds. The Morgan fingerprint density at radius 3 is 1.38 bits per heavy atom. The van der Waals surface area contributed by atoms with Crippen LogP contribution in [0.15, 0.2) is 0 Å². The van der Waals surface area contributed by atoms with Crippen LogP contribution in [0.5, 0.6) is 0 Å². The van der Waals surface area contributed by atoms with Crippen molar-refractivity contribution in [1.82, 2.24) is 0 Å². The van der Waals surface area contributed by atoms with Gasteiger partial charge in [-0.3, -0.25) is 0 Å². The van der Waals surface area contributed by atoms with Crippen molar-refractivity contribution in [3.63, 3.8) is 0 Å². The lowest BCUT2D eigenvalue weighted by Gasteiger charge is -2.39. The molecule has 130 valence electrons. The molecule has 0 aliphatic rings. The molecule has 0 atom stereocenters. The van der Waals surface area contributed by atoms with Gasteiger partial charge in [0.05, 0.1) is 31.5 Å². The third-order valence-corrected chi connectivity index (χ3v) is 4.87. The summed E-state index contributed by atoms with van der Waals surface area (Å²) < 4.78 is 1.38. The van der Waals surface area contributed by atoms with Crippen molar-refractivity contribution in [2.75, 3.05) is 31.5 Å². The predicted octanol–water partition coefficient (Wildman–Crippen LogP) is 3.16. The van der Waals surface area contributed by atoms with E-state index < -0.39 is 0 Å². The highest BCUT2D eigenvalue weighted by Gasteiger charge is 2.24. The van der Waals surface area contributed by atoms with Gasteiger partial charge in [0.25, 0.3) is 0 Å². The number of alkyl halides is 1. The molecule has 0 unspecified atom stereocenters. The molecular weight excluding hydrogens is 390 g/mol. The van der Waals surface area contributed by atoms with Crippen LogP contribution in [0.2, 0.25) is 0 Å². The molecule has 0 saturated carbocycles. The normalized spacial score (nSPS) is 11.4. The smallest absolute Gasteiger partial charge is 0.0885 e. The molecule has 0 rings (SSSR count). The van der Waals surface area contributed by atoms with Gasteiger partial charge in [-0.1, -0.05) is 68.8 Å². The second kappa shape index (κ2) is 17.3. The van der Waals surface area contributed by atoms with Crippen LogP contribution in [0.4, 0.5) is 0 Å². The molecular formula is C18H39Br2N. The number of halogens is 2. The summed E-state index contributed by atoms with van der Waals surface area (Å²) in [6.07, 6.45) is 14.0. The second-order valence-electron chi connectivity index (χ2n) is 6.40. The number of unbranched alkanes of at least 4 members (excludes halogenated alkanes) is 7. The van der Waals surface area contributed by atoms with Gasteiger partial charge in [0.15, 0.2) is 0 Å². The van der Waals surface area contributed by atoms with Crippen molar-refractivity contribution in [3.8, 4) is 0 Å². The summed E-state index contributed by atoms with van der Waals surface area (Å²) in [7, 11) is 0. The molecule has 0 aromatic carbocycles. The molecule has 21 heavy (non-hydrogen) atoms. The molecule has 0 saturated heterocycles. The molecule has 0 aliphatic heterocycles. The highest BCUT2D eigenvalue weighted by Crippen LogP contribution is 2.17. The van der Waals surface area contributed by atoms with Gasteiger partial charge < -0.3 is 21.5 Å². The molecule has 0 spiro atoms. The summed E-state index contributed by atoms with van der Waals surface area (Å²) in [6.45, 7) is 12.5. The molecule has 0 fully saturated rings. The van der Waals surface area contributed by atoms with E-state index in [1.807, 2.05) is 0 Å². The number of rotatable bonds is 15. The first-order chi connectivity index (χ1) is 9.74. The lowest BCUT2D eigenvalue weighted by Crippen LogP contribution is -3.00. The topological polar surface area (TPSA) is 0 Å². The monoisotopic (exact) mass is 427 g/mol. The number of nitrogens with zero attached hydrogens (tertiary/aromatic N) is 1. The maximum atomic E-state index is 3.71. The first kappa shape index (κ1) is 24.2. The Morgan fingerprint density at radius 1 is 0.571 bits per heavy atom. The molecule has 0 heterocycles. The fourth-order valence-electron chi connectivity index (χ4n) is 3.09. The minimum absolute atomic E-state index is 0. The Morgan fingerprint density at radius 2 is 1.00 bits per heavy atom. The fourth-order valence-corrected chi connectivity index (χ4v) is 3.84. The van der Waals surface area contributed by atoms with E-state index in [2.05, 4.69) is 36.7 Å². The van der Waals surface area contributed by atoms with Crippen molar-refractivity contribution in [2.45, 2.75) is 85.0 Å². The Labute approximate surface area is 153 Å². The van der Waals surface area contributed by atoms with Gasteiger partial charge in [-0.25, -0.2) is 0 Å². The van der Waals surface area contributed by atoms with Gasteiger partial charge in [0.2, 0.25) is 0 Å². The molecule has 3 heteroatoms. The van der Waals surface area contributed by atoms with Crippen LogP contribution in [-0.4, -0.2) is 36.0 Å². The molecule has 1 nitrogen and oxygen atoms in total. The molecule has 0 N–H and O–H groups in total. The van der Waals surface area contributed by atoms with Crippen molar-refractivity contribution >= 4 is 15.9 Å². The van der Waals surface area contributed by atoms with Crippen LogP contribution in [0.25, 0.3) is 0 Å². The zero-order chi connectivity index (χ0) is 15.1. The summed E-state index contributed by atoms with van der Waals surface area (Å²) in [5, 5.41) is 1.16. The first-order valence-corrected chi connectivity index (χ1v) is 10.3.